The summed E-state index contributed by atoms with van der Waals surface area (Å²) in [6, 6.07) is 13.6. The molecule has 0 saturated heterocycles. The Balaban J connectivity index is 2.12. The van der Waals surface area contributed by atoms with Crippen LogP contribution in [0.4, 0.5) is 5.69 Å². The molecular weight excluding hydrogens is 457 g/mol. The third-order valence-electron chi connectivity index (χ3n) is 3.36. The number of aromatic amines is 1. The van der Waals surface area contributed by atoms with Gasteiger partial charge in [0.1, 0.15) is 5.56 Å². The van der Waals surface area contributed by atoms with Crippen LogP contribution < -0.4 is 11.2 Å². The van der Waals surface area contributed by atoms with Crippen molar-refractivity contribution in [3.05, 3.63) is 83.5 Å². The van der Waals surface area contributed by atoms with Crippen LogP contribution in [-0.2, 0) is 0 Å². The first-order valence-electron chi connectivity index (χ1n) is 7.09. The summed E-state index contributed by atoms with van der Waals surface area (Å²) in [7, 11) is 0. The molecule has 0 spiro atoms. The van der Waals surface area contributed by atoms with E-state index in [1.54, 1.807) is 30.3 Å². The average Bonchev–Trinajstić information content (AvgIpc) is 2.56. The van der Waals surface area contributed by atoms with Crippen molar-refractivity contribution in [2.75, 3.05) is 0 Å². The lowest BCUT2D eigenvalue weighted by Gasteiger charge is -2.09. The number of hydrogen-bond donors (Lipinski definition) is 2. The highest BCUT2D eigenvalue weighted by molar-refractivity contribution is 14.1. The molecule has 0 atom stereocenters. The van der Waals surface area contributed by atoms with Crippen LogP contribution in [-0.4, -0.2) is 20.9 Å². The van der Waals surface area contributed by atoms with E-state index >= 15 is 0 Å². The lowest BCUT2D eigenvalue weighted by Crippen LogP contribution is -2.31. The number of aromatic hydroxyl groups is 1. The van der Waals surface area contributed by atoms with Gasteiger partial charge in [-0.25, -0.2) is 9.36 Å². The van der Waals surface area contributed by atoms with Gasteiger partial charge >= 0.3 is 5.69 Å². The minimum Gasteiger partial charge on any atom is -0.493 e. The van der Waals surface area contributed by atoms with E-state index in [1.165, 1.54) is 12.3 Å². The first-order chi connectivity index (χ1) is 12.0. The molecule has 0 aliphatic carbocycles. The zero-order chi connectivity index (χ0) is 18.0. The van der Waals surface area contributed by atoms with Crippen molar-refractivity contribution in [2.24, 2.45) is 4.99 Å². The summed E-state index contributed by atoms with van der Waals surface area (Å²) < 4.78 is 2.01. The van der Waals surface area contributed by atoms with Crippen molar-refractivity contribution >= 4 is 46.1 Å². The van der Waals surface area contributed by atoms with E-state index in [9.17, 15) is 14.7 Å². The summed E-state index contributed by atoms with van der Waals surface area (Å²) in [5.74, 6) is -0.509. The smallest absolute Gasteiger partial charge is 0.335 e. The van der Waals surface area contributed by atoms with Gasteiger partial charge in [0.2, 0.25) is 5.88 Å². The lowest BCUT2D eigenvalue weighted by molar-refractivity contribution is 0.430. The summed E-state index contributed by atoms with van der Waals surface area (Å²) in [5, 5.41) is 10.8. The van der Waals surface area contributed by atoms with Crippen molar-refractivity contribution in [2.45, 2.75) is 0 Å². The van der Waals surface area contributed by atoms with E-state index in [0.717, 1.165) is 8.14 Å². The number of hydrogen-bond acceptors (Lipinski definition) is 4. The van der Waals surface area contributed by atoms with Crippen LogP contribution in [0.1, 0.15) is 5.56 Å². The molecule has 8 heteroatoms. The third-order valence-corrected chi connectivity index (χ3v) is 4.31. The average molecular weight is 468 g/mol. The maximum atomic E-state index is 12.1. The fourth-order valence-corrected chi connectivity index (χ4v) is 2.72. The minimum absolute atomic E-state index is 0.127. The summed E-state index contributed by atoms with van der Waals surface area (Å²) in [5.41, 5.74) is -0.681. The number of nitrogens with zero attached hydrogens (tertiary/aromatic N) is 2. The van der Waals surface area contributed by atoms with Crippen molar-refractivity contribution in [3.63, 3.8) is 0 Å². The number of halogens is 2. The molecule has 2 aromatic carbocycles. The molecule has 6 nitrogen and oxygen atoms in total. The number of rotatable bonds is 3. The molecule has 0 fully saturated rings. The second-order valence-electron chi connectivity index (χ2n) is 5.05. The SMILES string of the molecule is O=c1[nH]c(=O)n(-c2cccc(Cl)c2)c(O)c1C=Nc1ccc(I)cc1. The standard InChI is InChI=1S/C17H11ClIN3O3/c18-10-2-1-3-13(8-10)22-16(24)14(15(23)21-17(22)25)9-20-12-6-4-11(19)5-7-12/h1-9,24H,(H,21,23,25). The van der Waals surface area contributed by atoms with E-state index in [4.69, 9.17) is 11.6 Å². The minimum atomic E-state index is -0.767. The second kappa shape index (κ2) is 7.24. The van der Waals surface area contributed by atoms with Gasteiger partial charge in [0.25, 0.3) is 5.56 Å². The van der Waals surface area contributed by atoms with E-state index in [-0.39, 0.29) is 5.56 Å². The highest BCUT2D eigenvalue weighted by atomic mass is 127. The van der Waals surface area contributed by atoms with Crippen LogP contribution in [0.25, 0.3) is 5.69 Å². The topological polar surface area (TPSA) is 87.5 Å². The molecule has 0 aliphatic heterocycles. The summed E-state index contributed by atoms with van der Waals surface area (Å²) in [4.78, 5) is 30.5. The zero-order valence-corrected chi connectivity index (χ0v) is 15.5. The van der Waals surface area contributed by atoms with Gasteiger partial charge in [-0.2, -0.15) is 0 Å². The molecule has 0 radical (unpaired) electrons. The van der Waals surface area contributed by atoms with Crippen LogP contribution in [0.15, 0.2) is 63.1 Å². The Kier molecular flexibility index (Phi) is 5.05. The van der Waals surface area contributed by atoms with Crippen molar-refractivity contribution in [1.82, 2.24) is 9.55 Å². The molecule has 0 bridgehead atoms. The summed E-state index contributed by atoms with van der Waals surface area (Å²) >= 11 is 8.10. The zero-order valence-electron chi connectivity index (χ0n) is 12.6. The predicted molar refractivity (Wildman–Crippen MR) is 106 cm³/mol. The number of nitrogens with one attached hydrogen (secondary N) is 1. The van der Waals surface area contributed by atoms with Gasteiger partial charge in [0.15, 0.2) is 0 Å². The first kappa shape index (κ1) is 17.4. The lowest BCUT2D eigenvalue weighted by atomic mass is 10.3. The molecule has 25 heavy (non-hydrogen) atoms. The fraction of sp³-hybridized carbons (Fsp3) is 0. The predicted octanol–water partition coefficient (Wildman–Crippen LogP) is 3.24. The molecule has 0 amide bonds. The van der Waals surface area contributed by atoms with Crippen LogP contribution in [0, 0.1) is 3.57 Å². The largest absolute Gasteiger partial charge is 0.493 e. The normalized spacial score (nSPS) is 11.1. The third kappa shape index (κ3) is 3.83. The van der Waals surface area contributed by atoms with E-state index < -0.39 is 17.1 Å². The van der Waals surface area contributed by atoms with E-state index in [0.29, 0.717) is 16.4 Å². The highest BCUT2D eigenvalue weighted by Gasteiger charge is 2.14. The van der Waals surface area contributed by atoms with E-state index in [1.807, 2.05) is 12.1 Å². The Morgan fingerprint density at radius 3 is 2.56 bits per heavy atom. The molecular formula is C17H11ClIN3O3. The fourth-order valence-electron chi connectivity index (χ4n) is 2.18. The molecule has 0 unspecified atom stereocenters. The molecule has 3 rings (SSSR count). The molecule has 0 saturated carbocycles. The Bertz CT molecular complexity index is 1070. The Morgan fingerprint density at radius 1 is 1.16 bits per heavy atom. The van der Waals surface area contributed by atoms with Gasteiger partial charge in [0, 0.05) is 14.8 Å². The Labute approximate surface area is 160 Å². The number of aromatic nitrogens is 2. The van der Waals surface area contributed by atoms with Gasteiger partial charge in [-0.05, 0) is 65.1 Å². The quantitative estimate of drug-likeness (QED) is 0.458. The molecule has 0 aliphatic rings. The maximum absolute atomic E-state index is 12.1. The number of benzene rings is 2. The van der Waals surface area contributed by atoms with Crippen molar-refractivity contribution in [1.29, 1.82) is 0 Å². The molecule has 126 valence electrons. The Morgan fingerprint density at radius 2 is 1.88 bits per heavy atom. The number of aliphatic imine (C=N–C) groups is 1. The van der Waals surface area contributed by atoms with Gasteiger partial charge in [-0.1, -0.05) is 17.7 Å². The molecule has 1 aromatic heterocycles. The Hall–Kier alpha value is -2.39. The van der Waals surface area contributed by atoms with Gasteiger partial charge in [0.05, 0.1) is 11.4 Å². The van der Waals surface area contributed by atoms with Gasteiger partial charge < -0.3 is 5.11 Å². The molecule has 3 aromatic rings. The van der Waals surface area contributed by atoms with Gasteiger partial charge in [-0.3, -0.25) is 14.8 Å². The maximum Gasteiger partial charge on any atom is 0.335 e. The van der Waals surface area contributed by atoms with Crippen LogP contribution in [0.5, 0.6) is 5.88 Å². The van der Waals surface area contributed by atoms with Gasteiger partial charge in [-0.15, -0.1) is 0 Å². The summed E-state index contributed by atoms with van der Waals surface area (Å²) in [6.45, 7) is 0. The summed E-state index contributed by atoms with van der Waals surface area (Å²) in [6.07, 6.45) is 1.22. The monoisotopic (exact) mass is 467 g/mol. The van der Waals surface area contributed by atoms with Crippen molar-refractivity contribution < 1.29 is 5.11 Å². The molecule has 2 N–H and O–H groups in total. The molecule has 1 heterocycles. The van der Waals surface area contributed by atoms with Crippen LogP contribution >= 0.6 is 34.2 Å². The van der Waals surface area contributed by atoms with Crippen molar-refractivity contribution in [3.8, 4) is 11.6 Å². The van der Waals surface area contributed by atoms with Crippen LogP contribution in [0.2, 0.25) is 5.02 Å². The highest BCUT2D eigenvalue weighted by Crippen LogP contribution is 2.19. The first-order valence-corrected chi connectivity index (χ1v) is 8.55. The second-order valence-corrected chi connectivity index (χ2v) is 6.73. The number of H-pyrrole nitrogens is 1. The van der Waals surface area contributed by atoms with Crippen LogP contribution in [0.3, 0.4) is 0 Å². The van der Waals surface area contributed by atoms with E-state index in [2.05, 4.69) is 32.6 Å².